The fourth-order valence-corrected chi connectivity index (χ4v) is 0.885. The first-order valence-electron chi connectivity index (χ1n) is 2.46. The number of hydrazine groups is 1. The molecule has 0 fully saturated rings. The van der Waals surface area contributed by atoms with Gasteiger partial charge in [-0.25, -0.2) is 10.4 Å². The Morgan fingerprint density at radius 2 is 2.20 bits per heavy atom. The monoisotopic (exact) mass is 216 g/mol. The van der Waals surface area contributed by atoms with Gasteiger partial charge in [-0.1, -0.05) is 15.9 Å². The molecule has 0 unspecified atom stereocenters. The van der Waals surface area contributed by atoms with Crippen LogP contribution in [-0.2, 0) is 0 Å². The van der Waals surface area contributed by atoms with Crippen molar-refractivity contribution < 1.29 is 13.2 Å². The smallest absolute Gasteiger partial charge is 0.223 e. The van der Waals surface area contributed by atoms with E-state index in [1.54, 1.807) is 0 Å². The fraction of sp³-hybridized carbons (Fsp3) is 0.500. The van der Waals surface area contributed by atoms with Crippen LogP contribution in [0.5, 0.6) is 0 Å². The number of hydrogen-bond donors (Lipinski definition) is 1. The van der Waals surface area contributed by atoms with Crippen LogP contribution in [0.1, 0.15) is 0 Å². The molecule has 0 saturated heterocycles. The van der Waals surface area contributed by atoms with Gasteiger partial charge in [0.1, 0.15) is 0 Å². The van der Waals surface area contributed by atoms with Gasteiger partial charge in [0.25, 0.3) is 0 Å². The SMILES string of the molecule is FC(F)(F)N1C=C(Br)CN1. The van der Waals surface area contributed by atoms with Gasteiger partial charge in [-0.2, -0.15) is 0 Å². The summed E-state index contributed by atoms with van der Waals surface area (Å²) in [5, 5.41) is 0.108. The lowest BCUT2D eigenvalue weighted by Crippen LogP contribution is -2.40. The Hall–Kier alpha value is -0.230. The molecule has 6 heteroatoms. The third-order valence-corrected chi connectivity index (χ3v) is 1.45. The van der Waals surface area contributed by atoms with Crippen LogP contribution >= 0.6 is 15.9 Å². The second-order valence-corrected chi connectivity index (χ2v) is 2.77. The molecule has 10 heavy (non-hydrogen) atoms. The average Bonchev–Trinajstić information content (AvgIpc) is 2.11. The number of nitrogens with one attached hydrogen (secondary N) is 1. The minimum absolute atomic E-state index is 0.108. The van der Waals surface area contributed by atoms with Crippen LogP contribution in [-0.4, -0.2) is 17.9 Å². The second kappa shape index (κ2) is 2.43. The van der Waals surface area contributed by atoms with Crippen LogP contribution in [0.4, 0.5) is 13.2 Å². The molecular formula is C4H4BrF3N2. The minimum atomic E-state index is -4.32. The topological polar surface area (TPSA) is 15.3 Å². The van der Waals surface area contributed by atoms with Crippen LogP contribution in [0.2, 0.25) is 0 Å². The zero-order chi connectivity index (χ0) is 7.78. The lowest BCUT2D eigenvalue weighted by atomic mass is 10.6. The molecule has 1 aliphatic heterocycles. The maximum Gasteiger partial charge on any atom is 0.498 e. The lowest BCUT2D eigenvalue weighted by Gasteiger charge is -2.18. The summed E-state index contributed by atoms with van der Waals surface area (Å²) in [6.07, 6.45) is -3.37. The van der Waals surface area contributed by atoms with Crippen molar-refractivity contribution in [3.05, 3.63) is 10.7 Å². The first kappa shape index (κ1) is 7.87. The van der Waals surface area contributed by atoms with Crippen molar-refractivity contribution in [2.75, 3.05) is 6.54 Å². The van der Waals surface area contributed by atoms with Crippen molar-refractivity contribution in [1.29, 1.82) is 0 Å². The Balaban J connectivity index is 2.61. The van der Waals surface area contributed by atoms with E-state index in [1.165, 1.54) is 0 Å². The second-order valence-electron chi connectivity index (χ2n) is 1.75. The predicted molar refractivity (Wildman–Crippen MR) is 32.9 cm³/mol. The molecule has 0 spiro atoms. The Labute approximate surface area is 63.8 Å². The Bertz CT molecular complexity index is 164. The van der Waals surface area contributed by atoms with E-state index in [4.69, 9.17) is 0 Å². The molecule has 1 N–H and O–H groups in total. The van der Waals surface area contributed by atoms with Crippen LogP contribution < -0.4 is 5.43 Å². The van der Waals surface area contributed by atoms with Crippen molar-refractivity contribution in [1.82, 2.24) is 10.4 Å². The van der Waals surface area contributed by atoms with Gasteiger partial charge in [0.2, 0.25) is 0 Å². The Morgan fingerprint density at radius 3 is 2.40 bits per heavy atom. The van der Waals surface area contributed by atoms with E-state index in [2.05, 4.69) is 21.4 Å². The van der Waals surface area contributed by atoms with E-state index >= 15 is 0 Å². The van der Waals surface area contributed by atoms with Crippen molar-refractivity contribution in [3.63, 3.8) is 0 Å². The molecule has 0 aromatic rings. The zero-order valence-electron chi connectivity index (χ0n) is 4.74. The van der Waals surface area contributed by atoms with Crippen LogP contribution in [0.3, 0.4) is 0 Å². The zero-order valence-corrected chi connectivity index (χ0v) is 6.33. The highest BCUT2D eigenvalue weighted by atomic mass is 79.9. The molecule has 1 heterocycles. The highest BCUT2D eigenvalue weighted by molar-refractivity contribution is 9.11. The molecule has 0 atom stereocenters. The molecule has 0 radical (unpaired) electrons. The maximum atomic E-state index is 11.7. The average molecular weight is 217 g/mol. The first-order valence-corrected chi connectivity index (χ1v) is 3.25. The lowest BCUT2D eigenvalue weighted by molar-refractivity contribution is -0.240. The van der Waals surface area contributed by atoms with E-state index in [-0.39, 0.29) is 11.6 Å². The quantitative estimate of drug-likeness (QED) is 0.619. The maximum absolute atomic E-state index is 11.7. The summed E-state index contributed by atoms with van der Waals surface area (Å²) in [5.74, 6) is 0. The summed E-state index contributed by atoms with van der Waals surface area (Å²) >= 11 is 2.93. The van der Waals surface area contributed by atoms with Crippen molar-refractivity contribution in [3.8, 4) is 0 Å². The molecule has 0 aromatic heterocycles. The van der Waals surface area contributed by atoms with Gasteiger partial charge in [0, 0.05) is 17.2 Å². The fourth-order valence-electron chi connectivity index (χ4n) is 0.555. The minimum Gasteiger partial charge on any atom is -0.223 e. The van der Waals surface area contributed by atoms with E-state index in [0.717, 1.165) is 6.20 Å². The van der Waals surface area contributed by atoms with Crippen molar-refractivity contribution in [2.24, 2.45) is 0 Å². The molecule has 58 valence electrons. The van der Waals surface area contributed by atoms with Crippen LogP contribution in [0.15, 0.2) is 10.7 Å². The first-order chi connectivity index (χ1) is 4.50. The van der Waals surface area contributed by atoms with Gasteiger partial charge < -0.3 is 0 Å². The third-order valence-electron chi connectivity index (χ3n) is 0.961. The third kappa shape index (κ3) is 1.63. The number of hydrogen-bond acceptors (Lipinski definition) is 2. The predicted octanol–water partition coefficient (Wildman–Crippen LogP) is 1.56. The summed E-state index contributed by atoms with van der Waals surface area (Å²) in [6.45, 7) is 0.194. The van der Waals surface area contributed by atoms with E-state index in [1.807, 2.05) is 0 Å². The van der Waals surface area contributed by atoms with Gasteiger partial charge >= 0.3 is 6.30 Å². The molecule has 1 aliphatic rings. The van der Waals surface area contributed by atoms with E-state index in [0.29, 0.717) is 4.48 Å². The standard InChI is InChI=1S/C4H4BrF3N2/c5-3-1-9-10(2-3)4(6,7)8/h2,9H,1H2. The molecule has 0 aliphatic carbocycles. The molecule has 0 amide bonds. The summed E-state index contributed by atoms with van der Waals surface area (Å²) in [4.78, 5) is 0. The molecule has 0 bridgehead atoms. The van der Waals surface area contributed by atoms with Gasteiger partial charge in [0.05, 0.1) is 0 Å². The van der Waals surface area contributed by atoms with Crippen LogP contribution in [0, 0.1) is 0 Å². The number of rotatable bonds is 0. The summed E-state index contributed by atoms with van der Waals surface area (Å²) < 4.78 is 35.7. The molecule has 0 saturated carbocycles. The van der Waals surface area contributed by atoms with Crippen LogP contribution in [0.25, 0.3) is 0 Å². The Morgan fingerprint density at radius 1 is 1.60 bits per heavy atom. The van der Waals surface area contributed by atoms with Gasteiger partial charge in [0.15, 0.2) is 0 Å². The number of nitrogens with zero attached hydrogens (tertiary/aromatic N) is 1. The normalized spacial score (nSPS) is 19.6. The summed E-state index contributed by atoms with van der Waals surface area (Å²) in [6, 6.07) is 0. The summed E-state index contributed by atoms with van der Waals surface area (Å²) in [5.41, 5.74) is 2.12. The highest BCUT2D eigenvalue weighted by Crippen LogP contribution is 2.24. The largest absolute Gasteiger partial charge is 0.498 e. The molecular weight excluding hydrogens is 213 g/mol. The van der Waals surface area contributed by atoms with Gasteiger partial charge in [-0.15, -0.1) is 13.2 Å². The van der Waals surface area contributed by atoms with Crippen molar-refractivity contribution >= 4 is 15.9 Å². The van der Waals surface area contributed by atoms with E-state index < -0.39 is 6.30 Å². The number of alkyl halides is 3. The van der Waals surface area contributed by atoms with Gasteiger partial charge in [-0.3, -0.25) is 0 Å². The number of halogens is 4. The molecule has 1 rings (SSSR count). The molecule has 2 nitrogen and oxygen atoms in total. The molecule has 0 aromatic carbocycles. The summed E-state index contributed by atoms with van der Waals surface area (Å²) in [7, 11) is 0. The Kier molecular flexibility index (Phi) is 1.91. The van der Waals surface area contributed by atoms with Crippen molar-refractivity contribution in [2.45, 2.75) is 6.30 Å². The highest BCUT2D eigenvalue weighted by Gasteiger charge is 2.37. The van der Waals surface area contributed by atoms with E-state index in [9.17, 15) is 13.2 Å². The van der Waals surface area contributed by atoms with Gasteiger partial charge in [-0.05, 0) is 0 Å².